The van der Waals surface area contributed by atoms with Crippen LogP contribution in [0, 0.1) is 5.92 Å². The van der Waals surface area contributed by atoms with Gasteiger partial charge in [-0.25, -0.2) is 8.42 Å². The van der Waals surface area contributed by atoms with Crippen LogP contribution in [-0.2, 0) is 32.5 Å². The third kappa shape index (κ3) is 5.57. The molecule has 4 rings (SSSR count). The summed E-state index contributed by atoms with van der Waals surface area (Å²) in [5, 5.41) is 3.29. The van der Waals surface area contributed by atoms with Gasteiger partial charge in [-0.1, -0.05) is 36.7 Å². The molecular formula is C24H28ClN3O4S. The third-order valence-corrected chi connectivity index (χ3v) is 8.20. The van der Waals surface area contributed by atoms with Gasteiger partial charge >= 0.3 is 0 Å². The van der Waals surface area contributed by atoms with E-state index in [1.165, 1.54) is 12.1 Å². The van der Waals surface area contributed by atoms with E-state index in [1.54, 1.807) is 17.0 Å². The highest BCUT2D eigenvalue weighted by Crippen LogP contribution is 2.26. The number of nitrogens with zero attached hydrogens (tertiary/aromatic N) is 1. The Balaban J connectivity index is 1.55. The summed E-state index contributed by atoms with van der Waals surface area (Å²) in [6, 6.07) is 11.0. The minimum Gasteiger partial charge on any atom is -0.341 e. The summed E-state index contributed by atoms with van der Waals surface area (Å²) >= 11 is 6.28. The molecule has 7 nitrogen and oxygen atoms in total. The Labute approximate surface area is 199 Å². The quantitative estimate of drug-likeness (QED) is 0.623. The van der Waals surface area contributed by atoms with E-state index >= 15 is 0 Å². The van der Waals surface area contributed by atoms with E-state index in [-0.39, 0.29) is 23.1 Å². The number of likely N-dealkylation sites (tertiary alicyclic amines) is 1. The molecule has 176 valence electrons. The van der Waals surface area contributed by atoms with Crippen LogP contribution in [0.25, 0.3) is 0 Å². The molecule has 0 radical (unpaired) electrons. The van der Waals surface area contributed by atoms with E-state index < -0.39 is 16.1 Å². The molecule has 1 fully saturated rings. The van der Waals surface area contributed by atoms with Crippen molar-refractivity contribution in [2.75, 3.05) is 18.4 Å². The minimum atomic E-state index is -3.98. The molecule has 2 amide bonds. The summed E-state index contributed by atoms with van der Waals surface area (Å²) in [6.45, 7) is 3.40. The lowest BCUT2D eigenvalue weighted by Gasteiger charge is -2.33. The Bertz CT molecular complexity index is 1160. The van der Waals surface area contributed by atoms with Crippen molar-refractivity contribution < 1.29 is 18.0 Å². The van der Waals surface area contributed by atoms with Crippen molar-refractivity contribution in [3.8, 4) is 0 Å². The fraction of sp³-hybridized carbons (Fsp3) is 0.417. The smallest absolute Gasteiger partial charge is 0.241 e. The summed E-state index contributed by atoms with van der Waals surface area (Å²) in [5.41, 5.74) is 2.12. The van der Waals surface area contributed by atoms with Crippen LogP contribution in [0.15, 0.2) is 47.4 Å². The molecule has 1 atom stereocenters. The molecule has 0 saturated carbocycles. The summed E-state index contributed by atoms with van der Waals surface area (Å²) in [7, 11) is -3.98. The van der Waals surface area contributed by atoms with E-state index in [4.69, 9.17) is 11.6 Å². The molecule has 0 aromatic heterocycles. The fourth-order valence-electron chi connectivity index (χ4n) is 4.31. The average Bonchev–Trinajstić information content (AvgIpc) is 3.17. The van der Waals surface area contributed by atoms with Crippen LogP contribution in [0.5, 0.6) is 0 Å². The Morgan fingerprint density at radius 2 is 1.94 bits per heavy atom. The molecular weight excluding hydrogens is 462 g/mol. The van der Waals surface area contributed by atoms with Gasteiger partial charge in [0, 0.05) is 23.8 Å². The maximum Gasteiger partial charge on any atom is 0.241 e. The zero-order valence-electron chi connectivity index (χ0n) is 18.5. The summed E-state index contributed by atoms with van der Waals surface area (Å²) in [4.78, 5) is 26.8. The Morgan fingerprint density at radius 3 is 2.67 bits per heavy atom. The average molecular weight is 490 g/mol. The van der Waals surface area contributed by atoms with Crippen molar-refractivity contribution in [1.82, 2.24) is 9.62 Å². The van der Waals surface area contributed by atoms with Crippen molar-refractivity contribution in [2.45, 2.75) is 50.0 Å². The van der Waals surface area contributed by atoms with Crippen molar-refractivity contribution in [1.29, 1.82) is 0 Å². The second-order valence-electron chi connectivity index (χ2n) is 8.86. The van der Waals surface area contributed by atoms with Crippen LogP contribution in [-0.4, -0.2) is 44.3 Å². The van der Waals surface area contributed by atoms with Gasteiger partial charge in [0.1, 0.15) is 6.04 Å². The number of hydrogen-bond acceptors (Lipinski definition) is 4. The molecule has 1 saturated heterocycles. The maximum absolute atomic E-state index is 13.4. The number of fused-ring (bicyclic) bond motifs is 1. The van der Waals surface area contributed by atoms with Gasteiger partial charge < -0.3 is 10.2 Å². The number of carbonyl (C=O) groups excluding carboxylic acids is 2. The molecule has 9 heteroatoms. The van der Waals surface area contributed by atoms with Crippen molar-refractivity contribution >= 4 is 39.1 Å². The van der Waals surface area contributed by atoms with Crippen molar-refractivity contribution in [2.24, 2.45) is 5.92 Å². The number of piperidine rings is 1. The van der Waals surface area contributed by atoms with Crippen LogP contribution in [0.2, 0.25) is 5.02 Å². The van der Waals surface area contributed by atoms with Crippen LogP contribution in [0.3, 0.4) is 0 Å². The second kappa shape index (κ2) is 9.83. The zero-order chi connectivity index (χ0) is 23.6. The first kappa shape index (κ1) is 23.7. The molecule has 2 N–H and O–H groups in total. The van der Waals surface area contributed by atoms with Gasteiger partial charge in [0.25, 0.3) is 0 Å². The predicted molar refractivity (Wildman–Crippen MR) is 128 cm³/mol. The van der Waals surface area contributed by atoms with Gasteiger partial charge in [0.2, 0.25) is 21.8 Å². The normalized spacial score (nSPS) is 17.5. The monoisotopic (exact) mass is 489 g/mol. The topological polar surface area (TPSA) is 95.6 Å². The van der Waals surface area contributed by atoms with E-state index in [0.717, 1.165) is 18.4 Å². The van der Waals surface area contributed by atoms with Crippen molar-refractivity contribution in [3.05, 3.63) is 58.6 Å². The number of sulfonamides is 1. The molecule has 2 aliphatic rings. The number of anilines is 1. The summed E-state index contributed by atoms with van der Waals surface area (Å²) in [6.07, 6.45) is 2.70. The zero-order valence-corrected chi connectivity index (χ0v) is 20.1. The first-order valence-electron chi connectivity index (χ1n) is 11.2. The molecule has 33 heavy (non-hydrogen) atoms. The number of nitrogens with one attached hydrogen (secondary N) is 2. The van der Waals surface area contributed by atoms with Gasteiger partial charge in [0.05, 0.1) is 11.3 Å². The fourth-order valence-corrected chi connectivity index (χ4v) is 5.82. The third-order valence-electron chi connectivity index (χ3n) is 6.36. The number of rotatable bonds is 7. The van der Waals surface area contributed by atoms with Crippen LogP contribution >= 0.6 is 11.6 Å². The summed E-state index contributed by atoms with van der Waals surface area (Å²) in [5.74, 6) is 0.171. The van der Waals surface area contributed by atoms with Gasteiger partial charge in [-0.3, -0.25) is 9.59 Å². The lowest BCUT2D eigenvalue weighted by atomic mass is 9.98. The predicted octanol–water partition coefficient (Wildman–Crippen LogP) is 3.37. The van der Waals surface area contributed by atoms with E-state index in [0.29, 0.717) is 48.1 Å². The Kier molecular flexibility index (Phi) is 7.07. The maximum atomic E-state index is 13.4. The molecule has 1 unspecified atom stereocenters. The number of hydrogen-bond donors (Lipinski definition) is 2. The number of aryl methyl sites for hydroxylation is 1. The number of amides is 2. The van der Waals surface area contributed by atoms with Crippen LogP contribution in [0.1, 0.15) is 37.3 Å². The molecule has 2 aromatic carbocycles. The SMILES string of the molecule is CC1CCN(C(=O)C(CCc2ccccc2Cl)NS(=O)(=O)c2ccc3c(c2)CC(=O)N3)CC1. The van der Waals surface area contributed by atoms with Gasteiger partial charge in [-0.2, -0.15) is 4.72 Å². The van der Waals surface area contributed by atoms with Gasteiger partial charge in [-0.15, -0.1) is 0 Å². The number of carbonyl (C=O) groups is 2. The van der Waals surface area contributed by atoms with E-state index in [2.05, 4.69) is 17.0 Å². The molecule has 0 spiro atoms. The lowest BCUT2D eigenvalue weighted by molar-refractivity contribution is -0.134. The minimum absolute atomic E-state index is 0.0422. The highest BCUT2D eigenvalue weighted by Gasteiger charge is 2.31. The first-order chi connectivity index (χ1) is 15.7. The Morgan fingerprint density at radius 1 is 1.21 bits per heavy atom. The molecule has 2 aromatic rings. The van der Waals surface area contributed by atoms with Gasteiger partial charge in [-0.05, 0) is 67.0 Å². The first-order valence-corrected chi connectivity index (χ1v) is 13.1. The van der Waals surface area contributed by atoms with E-state index in [1.807, 2.05) is 18.2 Å². The molecule has 0 aliphatic carbocycles. The number of benzene rings is 2. The Hall–Kier alpha value is -2.42. The largest absolute Gasteiger partial charge is 0.341 e. The van der Waals surface area contributed by atoms with Crippen LogP contribution < -0.4 is 10.0 Å². The lowest BCUT2D eigenvalue weighted by Crippen LogP contribution is -2.50. The molecule has 2 aliphatic heterocycles. The molecule has 0 bridgehead atoms. The van der Waals surface area contributed by atoms with Crippen molar-refractivity contribution in [3.63, 3.8) is 0 Å². The highest BCUT2D eigenvalue weighted by atomic mass is 35.5. The molecule has 2 heterocycles. The van der Waals surface area contributed by atoms with E-state index in [9.17, 15) is 18.0 Å². The highest BCUT2D eigenvalue weighted by molar-refractivity contribution is 7.89. The van der Waals surface area contributed by atoms with Gasteiger partial charge in [0.15, 0.2) is 0 Å². The standard InChI is InChI=1S/C24H28ClN3O4S/c1-16-10-12-28(13-11-16)24(30)22(8-6-17-4-2-3-5-20(17)25)27-33(31,32)19-7-9-21-18(14-19)15-23(29)26-21/h2-5,7,9,14,16,22,27H,6,8,10-13,15H2,1H3,(H,26,29). The summed E-state index contributed by atoms with van der Waals surface area (Å²) < 4.78 is 29.1. The second-order valence-corrected chi connectivity index (χ2v) is 11.0. The van der Waals surface area contributed by atoms with Crippen LogP contribution in [0.4, 0.5) is 5.69 Å². The number of halogens is 1.